The van der Waals surface area contributed by atoms with Crippen molar-refractivity contribution >= 4 is 11.9 Å². The predicted octanol–water partition coefficient (Wildman–Crippen LogP) is 3.53. The number of carboxylic acids is 1. The summed E-state index contributed by atoms with van der Waals surface area (Å²) in [7, 11) is 0. The van der Waals surface area contributed by atoms with Gasteiger partial charge in [-0.3, -0.25) is 9.59 Å². The summed E-state index contributed by atoms with van der Waals surface area (Å²) in [4.78, 5) is 25.8. The first-order chi connectivity index (χ1) is 11.6. The number of nitrogens with zero attached hydrogens (tertiary/aromatic N) is 1. The van der Waals surface area contributed by atoms with E-state index in [1.165, 1.54) is 4.90 Å². The van der Waals surface area contributed by atoms with Gasteiger partial charge in [-0.1, -0.05) is 74.0 Å². The Morgan fingerprint density at radius 2 is 1.46 bits per heavy atom. The minimum absolute atomic E-state index is 0.164. The third-order valence-electron chi connectivity index (χ3n) is 3.93. The largest absolute Gasteiger partial charge is 0.480 e. The minimum Gasteiger partial charge on any atom is -0.480 e. The van der Waals surface area contributed by atoms with Crippen LogP contribution in [0.2, 0.25) is 0 Å². The molecule has 1 N–H and O–H groups in total. The van der Waals surface area contributed by atoms with Gasteiger partial charge in [-0.2, -0.15) is 0 Å². The van der Waals surface area contributed by atoms with Crippen LogP contribution in [0.5, 0.6) is 0 Å². The second-order valence-corrected chi connectivity index (χ2v) is 5.76. The summed E-state index contributed by atoms with van der Waals surface area (Å²) in [5, 5.41) is 9.16. The van der Waals surface area contributed by atoms with Gasteiger partial charge in [0.15, 0.2) is 0 Å². The summed E-state index contributed by atoms with van der Waals surface area (Å²) in [5.74, 6) is -1.63. The van der Waals surface area contributed by atoms with Crippen molar-refractivity contribution in [3.63, 3.8) is 0 Å². The number of unbranched alkanes of at least 4 members (excludes halogenated alkanes) is 1. The number of amides is 1. The first-order valence-electron chi connectivity index (χ1n) is 8.24. The number of rotatable bonds is 8. The van der Waals surface area contributed by atoms with Gasteiger partial charge < -0.3 is 10.0 Å². The standard InChI is InChI=1S/C20H23NO3/c1-2-3-14-21(15-18(22)23)20(24)19(16-10-6-4-7-11-16)17-12-8-5-9-13-17/h4-13,19H,2-3,14-15H2,1H3,(H,22,23). The average Bonchev–Trinajstić information content (AvgIpc) is 2.60. The summed E-state index contributed by atoms with van der Waals surface area (Å²) in [6, 6.07) is 19.0. The van der Waals surface area contributed by atoms with Gasteiger partial charge in [-0.05, 0) is 17.5 Å². The zero-order valence-electron chi connectivity index (χ0n) is 13.9. The SMILES string of the molecule is CCCCN(CC(=O)O)C(=O)C(c1ccccc1)c1ccccc1. The van der Waals surface area contributed by atoms with Gasteiger partial charge in [0.25, 0.3) is 0 Å². The molecule has 0 saturated heterocycles. The number of hydrogen-bond acceptors (Lipinski definition) is 2. The number of hydrogen-bond donors (Lipinski definition) is 1. The molecular formula is C20H23NO3. The van der Waals surface area contributed by atoms with Gasteiger partial charge in [-0.25, -0.2) is 0 Å². The molecule has 0 aliphatic rings. The lowest BCUT2D eigenvalue weighted by molar-refractivity contribution is -0.144. The van der Waals surface area contributed by atoms with Gasteiger partial charge in [0, 0.05) is 6.54 Å². The van der Waals surface area contributed by atoms with E-state index in [9.17, 15) is 9.59 Å². The molecular weight excluding hydrogens is 302 g/mol. The van der Waals surface area contributed by atoms with E-state index in [4.69, 9.17) is 5.11 Å². The Morgan fingerprint density at radius 1 is 0.958 bits per heavy atom. The topological polar surface area (TPSA) is 57.6 Å². The molecule has 0 aromatic heterocycles. The molecule has 24 heavy (non-hydrogen) atoms. The summed E-state index contributed by atoms with van der Waals surface area (Å²) < 4.78 is 0. The molecule has 0 fully saturated rings. The van der Waals surface area contributed by atoms with E-state index >= 15 is 0 Å². The highest BCUT2D eigenvalue weighted by Crippen LogP contribution is 2.27. The van der Waals surface area contributed by atoms with E-state index in [2.05, 4.69) is 0 Å². The Hall–Kier alpha value is -2.62. The first kappa shape index (κ1) is 17.7. The van der Waals surface area contributed by atoms with Gasteiger partial charge >= 0.3 is 5.97 Å². The summed E-state index contributed by atoms with van der Waals surface area (Å²) in [6.07, 6.45) is 1.69. The van der Waals surface area contributed by atoms with Crippen LogP contribution in [-0.4, -0.2) is 35.0 Å². The lowest BCUT2D eigenvalue weighted by Crippen LogP contribution is -2.39. The van der Waals surface area contributed by atoms with E-state index in [0.29, 0.717) is 6.54 Å². The van der Waals surface area contributed by atoms with Gasteiger partial charge in [0.05, 0.1) is 5.92 Å². The Morgan fingerprint density at radius 3 is 1.88 bits per heavy atom. The average molecular weight is 325 g/mol. The van der Waals surface area contributed by atoms with Crippen molar-refractivity contribution in [2.24, 2.45) is 0 Å². The number of carbonyl (C=O) groups is 2. The molecule has 0 atom stereocenters. The minimum atomic E-state index is -0.987. The fourth-order valence-electron chi connectivity index (χ4n) is 2.73. The smallest absolute Gasteiger partial charge is 0.323 e. The predicted molar refractivity (Wildman–Crippen MR) is 93.9 cm³/mol. The molecule has 4 heteroatoms. The van der Waals surface area contributed by atoms with Crippen LogP contribution in [-0.2, 0) is 9.59 Å². The lowest BCUT2D eigenvalue weighted by atomic mass is 9.90. The summed E-state index contributed by atoms with van der Waals surface area (Å²) in [5.41, 5.74) is 1.75. The van der Waals surface area contributed by atoms with E-state index < -0.39 is 11.9 Å². The molecule has 0 aliphatic carbocycles. The van der Waals surface area contributed by atoms with Crippen LogP contribution in [0.4, 0.5) is 0 Å². The van der Waals surface area contributed by atoms with Gasteiger partial charge in [-0.15, -0.1) is 0 Å². The van der Waals surface area contributed by atoms with Crippen LogP contribution in [0.15, 0.2) is 60.7 Å². The van der Waals surface area contributed by atoms with Crippen molar-refractivity contribution in [1.29, 1.82) is 0 Å². The quantitative estimate of drug-likeness (QED) is 0.808. The van der Waals surface area contributed by atoms with Crippen LogP contribution in [0.25, 0.3) is 0 Å². The summed E-state index contributed by atoms with van der Waals surface area (Å²) in [6.45, 7) is 2.21. The van der Waals surface area contributed by atoms with E-state index in [-0.39, 0.29) is 12.5 Å². The number of carboxylic acid groups (broad SMARTS) is 1. The second kappa shape index (κ2) is 8.87. The molecule has 0 radical (unpaired) electrons. The molecule has 2 aromatic carbocycles. The van der Waals surface area contributed by atoms with Crippen LogP contribution >= 0.6 is 0 Å². The molecule has 0 saturated carbocycles. The van der Waals surface area contributed by atoms with Crippen molar-refractivity contribution in [1.82, 2.24) is 4.90 Å². The Labute approximate surface area is 142 Å². The zero-order valence-corrected chi connectivity index (χ0v) is 13.9. The van der Waals surface area contributed by atoms with E-state index in [0.717, 1.165) is 24.0 Å². The van der Waals surface area contributed by atoms with Crippen molar-refractivity contribution in [3.05, 3.63) is 71.8 Å². The van der Waals surface area contributed by atoms with Crippen LogP contribution in [0, 0.1) is 0 Å². The fraction of sp³-hybridized carbons (Fsp3) is 0.300. The highest BCUT2D eigenvalue weighted by atomic mass is 16.4. The maximum absolute atomic E-state index is 13.1. The van der Waals surface area contributed by atoms with Crippen molar-refractivity contribution < 1.29 is 14.7 Å². The molecule has 0 bridgehead atoms. The third-order valence-corrected chi connectivity index (χ3v) is 3.93. The Kier molecular flexibility index (Phi) is 6.55. The molecule has 126 valence electrons. The van der Waals surface area contributed by atoms with Crippen LogP contribution in [0.1, 0.15) is 36.8 Å². The number of aliphatic carboxylic acids is 1. The normalized spacial score (nSPS) is 10.6. The summed E-state index contributed by atoms with van der Waals surface area (Å²) >= 11 is 0. The highest BCUT2D eigenvalue weighted by molar-refractivity contribution is 5.89. The molecule has 0 spiro atoms. The molecule has 2 rings (SSSR count). The molecule has 0 unspecified atom stereocenters. The highest BCUT2D eigenvalue weighted by Gasteiger charge is 2.28. The molecule has 4 nitrogen and oxygen atoms in total. The van der Waals surface area contributed by atoms with Crippen LogP contribution in [0.3, 0.4) is 0 Å². The zero-order chi connectivity index (χ0) is 17.4. The number of benzene rings is 2. The Bertz CT molecular complexity index is 616. The van der Waals surface area contributed by atoms with Crippen molar-refractivity contribution in [2.75, 3.05) is 13.1 Å². The molecule has 1 amide bonds. The third kappa shape index (κ3) is 4.69. The second-order valence-electron chi connectivity index (χ2n) is 5.76. The fourth-order valence-corrected chi connectivity index (χ4v) is 2.73. The lowest BCUT2D eigenvalue weighted by Gasteiger charge is -2.26. The first-order valence-corrected chi connectivity index (χ1v) is 8.24. The van der Waals surface area contributed by atoms with Gasteiger partial charge in [0.1, 0.15) is 6.54 Å². The maximum Gasteiger partial charge on any atom is 0.323 e. The monoisotopic (exact) mass is 325 g/mol. The maximum atomic E-state index is 13.1. The molecule has 0 aliphatic heterocycles. The molecule has 0 heterocycles. The molecule has 2 aromatic rings. The van der Waals surface area contributed by atoms with Crippen LogP contribution < -0.4 is 0 Å². The van der Waals surface area contributed by atoms with Crippen molar-refractivity contribution in [3.8, 4) is 0 Å². The van der Waals surface area contributed by atoms with Crippen molar-refractivity contribution in [2.45, 2.75) is 25.7 Å². The van der Waals surface area contributed by atoms with E-state index in [1.54, 1.807) is 0 Å². The van der Waals surface area contributed by atoms with E-state index in [1.807, 2.05) is 67.6 Å². The van der Waals surface area contributed by atoms with Gasteiger partial charge in [0.2, 0.25) is 5.91 Å². The Balaban J connectivity index is 2.37. The number of carbonyl (C=O) groups excluding carboxylic acids is 1.